The van der Waals surface area contributed by atoms with E-state index in [9.17, 15) is 5.11 Å². The number of rotatable bonds is 4. The highest BCUT2D eigenvalue weighted by Gasteiger charge is 2.28. The van der Waals surface area contributed by atoms with Crippen molar-refractivity contribution >= 4 is 0 Å². The minimum atomic E-state index is -0.0926. The predicted molar refractivity (Wildman–Crippen MR) is 35.2 cm³/mol. The van der Waals surface area contributed by atoms with Gasteiger partial charge in [0, 0.05) is 13.7 Å². The molecular weight excluding hydrogens is 116 g/mol. The van der Waals surface area contributed by atoms with Crippen LogP contribution in [-0.2, 0) is 4.74 Å². The summed E-state index contributed by atoms with van der Waals surface area (Å²) >= 11 is 0. The molecule has 0 saturated heterocycles. The van der Waals surface area contributed by atoms with Crippen LogP contribution in [0.2, 0.25) is 0 Å². The molecule has 0 bridgehead atoms. The first-order chi connectivity index (χ1) is 4.34. The van der Waals surface area contributed by atoms with E-state index in [1.807, 2.05) is 0 Å². The topological polar surface area (TPSA) is 29.5 Å². The molecule has 1 fully saturated rings. The SMILES string of the molecule is COCCC(O)C1CC1. The Morgan fingerprint density at radius 3 is 2.78 bits per heavy atom. The van der Waals surface area contributed by atoms with Gasteiger partial charge in [-0.2, -0.15) is 0 Å². The number of hydrogen-bond acceptors (Lipinski definition) is 2. The van der Waals surface area contributed by atoms with Gasteiger partial charge >= 0.3 is 0 Å². The fraction of sp³-hybridized carbons (Fsp3) is 1.00. The van der Waals surface area contributed by atoms with E-state index in [1.54, 1.807) is 7.11 Å². The van der Waals surface area contributed by atoms with Gasteiger partial charge in [-0.1, -0.05) is 0 Å². The van der Waals surface area contributed by atoms with E-state index in [2.05, 4.69) is 0 Å². The molecule has 1 saturated carbocycles. The molecular formula is C7H14O2. The van der Waals surface area contributed by atoms with Crippen LogP contribution in [0.15, 0.2) is 0 Å². The second-order valence-corrected chi connectivity index (χ2v) is 2.69. The lowest BCUT2D eigenvalue weighted by Crippen LogP contribution is -2.11. The third kappa shape index (κ3) is 2.33. The molecule has 2 nitrogen and oxygen atoms in total. The maximum atomic E-state index is 9.24. The van der Waals surface area contributed by atoms with Crippen LogP contribution in [0.25, 0.3) is 0 Å². The maximum absolute atomic E-state index is 9.24. The number of ether oxygens (including phenoxy) is 1. The first kappa shape index (κ1) is 7.03. The fourth-order valence-corrected chi connectivity index (χ4v) is 0.955. The van der Waals surface area contributed by atoms with Crippen molar-refractivity contribution in [2.75, 3.05) is 13.7 Å². The van der Waals surface area contributed by atoms with E-state index in [4.69, 9.17) is 4.74 Å². The Labute approximate surface area is 55.8 Å². The van der Waals surface area contributed by atoms with Gasteiger partial charge in [-0.25, -0.2) is 0 Å². The van der Waals surface area contributed by atoms with Gasteiger partial charge in [0.05, 0.1) is 6.10 Å². The van der Waals surface area contributed by atoms with Gasteiger partial charge in [0.2, 0.25) is 0 Å². The van der Waals surface area contributed by atoms with Gasteiger partial charge in [-0.15, -0.1) is 0 Å². The molecule has 54 valence electrons. The van der Waals surface area contributed by atoms with Crippen LogP contribution in [0, 0.1) is 5.92 Å². The smallest absolute Gasteiger partial charge is 0.0590 e. The van der Waals surface area contributed by atoms with Crippen LogP contribution in [0.4, 0.5) is 0 Å². The van der Waals surface area contributed by atoms with Crippen molar-refractivity contribution in [3.8, 4) is 0 Å². The van der Waals surface area contributed by atoms with Gasteiger partial charge in [0.1, 0.15) is 0 Å². The van der Waals surface area contributed by atoms with Crippen LogP contribution < -0.4 is 0 Å². The van der Waals surface area contributed by atoms with Gasteiger partial charge < -0.3 is 9.84 Å². The molecule has 1 rings (SSSR count). The zero-order chi connectivity index (χ0) is 6.69. The Bertz CT molecular complexity index is 79.0. The van der Waals surface area contributed by atoms with Crippen molar-refractivity contribution in [1.82, 2.24) is 0 Å². The largest absolute Gasteiger partial charge is 0.393 e. The summed E-state index contributed by atoms with van der Waals surface area (Å²) in [5, 5.41) is 9.24. The Morgan fingerprint density at radius 2 is 2.33 bits per heavy atom. The lowest BCUT2D eigenvalue weighted by Gasteiger charge is -2.06. The molecule has 0 aromatic heterocycles. The van der Waals surface area contributed by atoms with Crippen molar-refractivity contribution in [1.29, 1.82) is 0 Å². The summed E-state index contributed by atoms with van der Waals surface area (Å²) in [6.45, 7) is 0.692. The van der Waals surface area contributed by atoms with Crippen molar-refractivity contribution < 1.29 is 9.84 Å². The van der Waals surface area contributed by atoms with Crippen molar-refractivity contribution in [2.45, 2.75) is 25.4 Å². The van der Waals surface area contributed by atoms with Crippen LogP contribution in [0.5, 0.6) is 0 Å². The van der Waals surface area contributed by atoms with E-state index < -0.39 is 0 Å². The predicted octanol–water partition coefficient (Wildman–Crippen LogP) is 0.794. The molecule has 1 atom stereocenters. The van der Waals surface area contributed by atoms with E-state index in [1.165, 1.54) is 12.8 Å². The molecule has 0 aliphatic heterocycles. The average Bonchev–Trinajstić information content (AvgIpc) is 2.63. The first-order valence-corrected chi connectivity index (χ1v) is 3.51. The summed E-state index contributed by atoms with van der Waals surface area (Å²) in [7, 11) is 1.67. The standard InChI is InChI=1S/C7H14O2/c1-9-5-4-7(8)6-2-3-6/h6-8H,2-5H2,1H3. The van der Waals surface area contributed by atoms with Crippen LogP contribution >= 0.6 is 0 Å². The minimum Gasteiger partial charge on any atom is -0.393 e. The molecule has 0 spiro atoms. The van der Waals surface area contributed by atoms with Gasteiger partial charge in [-0.3, -0.25) is 0 Å². The highest BCUT2D eigenvalue weighted by atomic mass is 16.5. The molecule has 1 aliphatic carbocycles. The van der Waals surface area contributed by atoms with Crippen molar-refractivity contribution in [3.05, 3.63) is 0 Å². The lowest BCUT2D eigenvalue weighted by molar-refractivity contribution is 0.0953. The minimum absolute atomic E-state index is 0.0926. The molecule has 0 aromatic rings. The number of hydrogen-bond donors (Lipinski definition) is 1. The Balaban J connectivity index is 1.96. The average molecular weight is 130 g/mol. The quantitative estimate of drug-likeness (QED) is 0.609. The van der Waals surface area contributed by atoms with E-state index >= 15 is 0 Å². The normalized spacial score (nSPS) is 22.0. The summed E-state index contributed by atoms with van der Waals surface area (Å²) in [6, 6.07) is 0. The van der Waals surface area contributed by atoms with Gasteiger partial charge in [0.15, 0.2) is 0 Å². The molecule has 0 radical (unpaired) electrons. The highest BCUT2D eigenvalue weighted by molar-refractivity contribution is 4.80. The van der Waals surface area contributed by atoms with Crippen molar-refractivity contribution in [3.63, 3.8) is 0 Å². The Hall–Kier alpha value is -0.0800. The van der Waals surface area contributed by atoms with Crippen molar-refractivity contribution in [2.24, 2.45) is 5.92 Å². The molecule has 9 heavy (non-hydrogen) atoms. The lowest BCUT2D eigenvalue weighted by atomic mass is 10.2. The third-order valence-corrected chi connectivity index (χ3v) is 1.78. The number of aliphatic hydroxyl groups is 1. The summed E-state index contributed by atoms with van der Waals surface area (Å²) in [5.41, 5.74) is 0. The second kappa shape index (κ2) is 3.18. The van der Waals surface area contributed by atoms with Gasteiger partial charge in [-0.05, 0) is 25.2 Å². The van der Waals surface area contributed by atoms with Crippen LogP contribution in [0.1, 0.15) is 19.3 Å². The molecule has 0 amide bonds. The van der Waals surface area contributed by atoms with E-state index in [0.29, 0.717) is 12.5 Å². The Kier molecular flexibility index (Phi) is 2.49. The molecule has 2 heteroatoms. The zero-order valence-corrected chi connectivity index (χ0v) is 5.84. The van der Waals surface area contributed by atoms with Gasteiger partial charge in [0.25, 0.3) is 0 Å². The molecule has 1 N–H and O–H groups in total. The molecule has 0 aromatic carbocycles. The maximum Gasteiger partial charge on any atom is 0.0590 e. The number of methoxy groups -OCH3 is 1. The van der Waals surface area contributed by atoms with Crippen LogP contribution in [0.3, 0.4) is 0 Å². The van der Waals surface area contributed by atoms with E-state index in [0.717, 1.165) is 6.42 Å². The fourth-order valence-electron chi connectivity index (χ4n) is 0.955. The first-order valence-electron chi connectivity index (χ1n) is 3.51. The summed E-state index contributed by atoms with van der Waals surface area (Å²) in [5.74, 6) is 0.597. The summed E-state index contributed by atoms with van der Waals surface area (Å²) in [6.07, 6.45) is 3.14. The second-order valence-electron chi connectivity index (χ2n) is 2.69. The zero-order valence-electron chi connectivity index (χ0n) is 5.84. The molecule has 1 aliphatic rings. The van der Waals surface area contributed by atoms with E-state index in [-0.39, 0.29) is 6.10 Å². The number of aliphatic hydroxyl groups excluding tert-OH is 1. The summed E-state index contributed by atoms with van der Waals surface area (Å²) < 4.78 is 4.83. The highest BCUT2D eigenvalue weighted by Crippen LogP contribution is 2.33. The Morgan fingerprint density at radius 1 is 1.67 bits per heavy atom. The monoisotopic (exact) mass is 130 g/mol. The summed E-state index contributed by atoms with van der Waals surface area (Å²) in [4.78, 5) is 0. The molecule has 0 heterocycles. The molecule has 1 unspecified atom stereocenters. The third-order valence-electron chi connectivity index (χ3n) is 1.78. The van der Waals surface area contributed by atoms with Crippen LogP contribution in [-0.4, -0.2) is 24.9 Å².